The number of aromatic nitrogens is 1. The zero-order chi connectivity index (χ0) is 10.1. The second kappa shape index (κ2) is 3.39. The minimum Gasteiger partial charge on any atom is -0.477 e. The molecule has 0 radical (unpaired) electrons. The van der Waals surface area contributed by atoms with Gasteiger partial charge in [0.15, 0.2) is 0 Å². The highest BCUT2D eigenvalue weighted by atomic mass is 32.1. The van der Waals surface area contributed by atoms with E-state index in [0.717, 1.165) is 27.6 Å². The van der Waals surface area contributed by atoms with Crippen LogP contribution in [0.5, 0.6) is 0 Å². The molecule has 2 aromatic heterocycles. The monoisotopic (exact) mass is 227 g/mol. The number of hydrogen-bond donors (Lipinski definition) is 2. The number of carboxylic acid groups (broad SMARTS) is 1. The maximum absolute atomic E-state index is 10.9. The SMILES string of the molecule is O=C(O)c1ccc(-c2csc(=O)[nH]2)s1. The Labute approximate surface area is 86.5 Å². The van der Waals surface area contributed by atoms with E-state index in [1.807, 2.05) is 0 Å². The van der Waals surface area contributed by atoms with Crippen LogP contribution in [0.4, 0.5) is 0 Å². The smallest absolute Gasteiger partial charge is 0.345 e. The molecule has 0 bridgehead atoms. The largest absolute Gasteiger partial charge is 0.477 e. The van der Waals surface area contributed by atoms with Gasteiger partial charge in [-0.1, -0.05) is 11.3 Å². The van der Waals surface area contributed by atoms with Crippen LogP contribution in [0.3, 0.4) is 0 Å². The number of hydrogen-bond acceptors (Lipinski definition) is 4. The van der Waals surface area contributed by atoms with Crippen LogP contribution in [-0.2, 0) is 0 Å². The molecule has 0 saturated heterocycles. The first kappa shape index (κ1) is 9.17. The molecule has 0 aliphatic heterocycles. The van der Waals surface area contributed by atoms with Gasteiger partial charge in [-0.2, -0.15) is 0 Å². The highest BCUT2D eigenvalue weighted by molar-refractivity contribution is 7.17. The van der Waals surface area contributed by atoms with Gasteiger partial charge in [0, 0.05) is 5.38 Å². The Hall–Kier alpha value is -1.40. The zero-order valence-corrected chi connectivity index (χ0v) is 8.45. The molecule has 2 aromatic rings. The van der Waals surface area contributed by atoms with Crippen LogP contribution < -0.4 is 4.87 Å². The van der Waals surface area contributed by atoms with Gasteiger partial charge in [0.05, 0.1) is 10.6 Å². The fourth-order valence-electron chi connectivity index (χ4n) is 0.999. The van der Waals surface area contributed by atoms with E-state index in [0.29, 0.717) is 5.69 Å². The third-order valence-electron chi connectivity index (χ3n) is 1.60. The third kappa shape index (κ3) is 1.61. The van der Waals surface area contributed by atoms with Gasteiger partial charge in [-0.25, -0.2) is 4.79 Å². The lowest BCUT2D eigenvalue weighted by molar-refractivity contribution is 0.0702. The summed E-state index contributed by atoms with van der Waals surface area (Å²) in [6.07, 6.45) is 0. The summed E-state index contributed by atoms with van der Waals surface area (Å²) in [6.45, 7) is 0. The number of thiophene rings is 1. The Morgan fingerprint density at radius 3 is 2.71 bits per heavy atom. The Bertz CT molecular complexity index is 522. The van der Waals surface area contributed by atoms with Crippen LogP contribution in [0.15, 0.2) is 22.3 Å². The van der Waals surface area contributed by atoms with Crippen molar-refractivity contribution < 1.29 is 9.90 Å². The molecule has 0 aliphatic rings. The van der Waals surface area contributed by atoms with Gasteiger partial charge < -0.3 is 10.1 Å². The number of aromatic amines is 1. The van der Waals surface area contributed by atoms with Crippen molar-refractivity contribution in [3.63, 3.8) is 0 Å². The number of rotatable bonds is 2. The average molecular weight is 227 g/mol. The van der Waals surface area contributed by atoms with Crippen molar-refractivity contribution in [2.75, 3.05) is 0 Å². The van der Waals surface area contributed by atoms with Gasteiger partial charge in [-0.3, -0.25) is 4.79 Å². The summed E-state index contributed by atoms with van der Waals surface area (Å²) in [5, 5.41) is 10.4. The van der Waals surface area contributed by atoms with E-state index in [9.17, 15) is 9.59 Å². The molecule has 0 saturated carbocycles. The molecule has 6 heteroatoms. The lowest BCUT2D eigenvalue weighted by atomic mass is 10.4. The second-order valence-electron chi connectivity index (χ2n) is 2.53. The van der Waals surface area contributed by atoms with Gasteiger partial charge in [0.2, 0.25) is 0 Å². The molecule has 0 amide bonds. The Kier molecular flexibility index (Phi) is 2.22. The summed E-state index contributed by atoms with van der Waals surface area (Å²) >= 11 is 2.21. The molecule has 0 spiro atoms. The molecule has 0 atom stereocenters. The van der Waals surface area contributed by atoms with Gasteiger partial charge in [-0.15, -0.1) is 11.3 Å². The molecule has 2 heterocycles. The summed E-state index contributed by atoms with van der Waals surface area (Å²) in [4.78, 5) is 25.0. The van der Waals surface area contributed by atoms with Crippen molar-refractivity contribution >= 4 is 28.6 Å². The number of H-pyrrole nitrogens is 1. The second-order valence-corrected chi connectivity index (χ2v) is 4.46. The third-order valence-corrected chi connectivity index (χ3v) is 3.38. The summed E-state index contributed by atoms with van der Waals surface area (Å²) in [6, 6.07) is 3.21. The molecule has 2 rings (SSSR count). The Morgan fingerprint density at radius 2 is 2.21 bits per heavy atom. The zero-order valence-electron chi connectivity index (χ0n) is 6.81. The Morgan fingerprint density at radius 1 is 1.43 bits per heavy atom. The normalized spacial score (nSPS) is 10.3. The number of nitrogens with one attached hydrogen (secondary N) is 1. The van der Waals surface area contributed by atoms with E-state index < -0.39 is 5.97 Å². The highest BCUT2D eigenvalue weighted by Gasteiger charge is 2.09. The Balaban J connectivity index is 2.43. The molecule has 14 heavy (non-hydrogen) atoms. The van der Waals surface area contributed by atoms with Crippen LogP contribution >= 0.6 is 22.7 Å². The molecule has 0 fully saturated rings. The fraction of sp³-hybridized carbons (Fsp3) is 0. The van der Waals surface area contributed by atoms with Gasteiger partial charge >= 0.3 is 10.8 Å². The molecule has 72 valence electrons. The van der Waals surface area contributed by atoms with E-state index in [1.54, 1.807) is 11.4 Å². The fourth-order valence-corrected chi connectivity index (χ4v) is 2.47. The maximum Gasteiger partial charge on any atom is 0.345 e. The van der Waals surface area contributed by atoms with Crippen molar-refractivity contribution in [1.82, 2.24) is 4.98 Å². The van der Waals surface area contributed by atoms with E-state index in [1.165, 1.54) is 6.07 Å². The summed E-state index contributed by atoms with van der Waals surface area (Å²) in [7, 11) is 0. The van der Waals surface area contributed by atoms with Crippen molar-refractivity contribution in [3.8, 4) is 10.6 Å². The lowest BCUT2D eigenvalue weighted by Gasteiger charge is -1.87. The predicted molar refractivity (Wildman–Crippen MR) is 55.2 cm³/mol. The first-order valence-corrected chi connectivity index (χ1v) is 5.38. The van der Waals surface area contributed by atoms with Crippen molar-refractivity contribution in [2.24, 2.45) is 0 Å². The quantitative estimate of drug-likeness (QED) is 0.822. The van der Waals surface area contributed by atoms with E-state index in [4.69, 9.17) is 5.11 Å². The molecular formula is C8H5NO3S2. The average Bonchev–Trinajstić information content (AvgIpc) is 2.70. The van der Waals surface area contributed by atoms with Crippen molar-refractivity contribution in [3.05, 3.63) is 32.1 Å². The molecular weight excluding hydrogens is 222 g/mol. The molecule has 2 N–H and O–H groups in total. The number of aromatic carboxylic acids is 1. The number of carboxylic acids is 1. The predicted octanol–water partition coefficient (Wildman–Crippen LogP) is 1.86. The lowest BCUT2D eigenvalue weighted by Crippen LogP contribution is -1.91. The van der Waals surface area contributed by atoms with Crippen LogP contribution in [0.1, 0.15) is 9.67 Å². The van der Waals surface area contributed by atoms with Crippen LogP contribution in [-0.4, -0.2) is 16.1 Å². The van der Waals surface area contributed by atoms with Crippen LogP contribution in [0, 0.1) is 0 Å². The first-order chi connectivity index (χ1) is 6.66. The van der Waals surface area contributed by atoms with E-state index in [-0.39, 0.29) is 9.75 Å². The van der Waals surface area contributed by atoms with Crippen LogP contribution in [0.25, 0.3) is 10.6 Å². The summed E-state index contributed by atoms with van der Waals surface area (Å²) in [5.74, 6) is -0.946. The molecule has 4 nitrogen and oxygen atoms in total. The van der Waals surface area contributed by atoms with Gasteiger partial charge in [0.25, 0.3) is 0 Å². The summed E-state index contributed by atoms with van der Waals surface area (Å²) in [5.41, 5.74) is 0.678. The van der Waals surface area contributed by atoms with Crippen LogP contribution in [0.2, 0.25) is 0 Å². The summed E-state index contributed by atoms with van der Waals surface area (Å²) < 4.78 is 0. The maximum atomic E-state index is 10.9. The minimum atomic E-state index is -0.946. The van der Waals surface area contributed by atoms with Crippen molar-refractivity contribution in [1.29, 1.82) is 0 Å². The molecule has 0 aromatic carbocycles. The highest BCUT2D eigenvalue weighted by Crippen LogP contribution is 2.26. The number of thiazole rings is 1. The van der Waals surface area contributed by atoms with E-state index in [2.05, 4.69) is 4.98 Å². The first-order valence-electron chi connectivity index (χ1n) is 3.68. The standard InChI is InChI=1S/C8H5NO3S2/c10-7(11)6-2-1-5(14-6)4-3-13-8(12)9-4/h1-3H,(H,9,12)(H,10,11). The van der Waals surface area contributed by atoms with Crippen molar-refractivity contribution in [2.45, 2.75) is 0 Å². The van der Waals surface area contributed by atoms with Gasteiger partial charge in [0.1, 0.15) is 4.88 Å². The molecule has 0 unspecified atom stereocenters. The number of carbonyl (C=O) groups is 1. The topological polar surface area (TPSA) is 70.2 Å². The molecule has 0 aliphatic carbocycles. The van der Waals surface area contributed by atoms with Gasteiger partial charge in [-0.05, 0) is 12.1 Å². The minimum absolute atomic E-state index is 0.134. The van der Waals surface area contributed by atoms with E-state index >= 15 is 0 Å².